The van der Waals surface area contributed by atoms with E-state index in [1.807, 2.05) is 0 Å². The van der Waals surface area contributed by atoms with Crippen LogP contribution in [0.4, 0.5) is 0 Å². The molecule has 0 heterocycles. The third-order valence-corrected chi connectivity index (χ3v) is 95.8. The predicted molar refractivity (Wildman–Crippen MR) is 148 cm³/mol. The number of rotatable bonds is 6. The molecule has 26 heavy (non-hydrogen) atoms. The molecule has 6 heteroatoms. The number of hydrogen-bond donors (Lipinski definition) is 0. The summed E-state index contributed by atoms with van der Waals surface area (Å²) < 4.78 is 0. The summed E-state index contributed by atoms with van der Waals surface area (Å²) in [7, 11) is -4.18. The van der Waals surface area contributed by atoms with Crippen molar-refractivity contribution in [2.75, 3.05) is 13.3 Å². The minimum absolute atomic E-state index is 1.05. The molecular formula is C20H54P2Si4. The molecule has 0 spiro atoms. The van der Waals surface area contributed by atoms with E-state index >= 15 is 0 Å². The van der Waals surface area contributed by atoms with E-state index in [4.69, 9.17) is 0 Å². The Balaban J connectivity index is 3.16. The Hall–Kier alpha value is 1.73. The Morgan fingerprint density at radius 1 is 0.423 bits per heavy atom. The summed E-state index contributed by atoms with van der Waals surface area (Å²) >= 11 is 0. The van der Waals surface area contributed by atoms with Crippen LogP contribution in [0.2, 0.25) is 78.6 Å². The molecule has 0 atom stereocenters. The van der Waals surface area contributed by atoms with Gasteiger partial charge in [0.05, 0.1) is 0 Å². The Bertz CT molecular complexity index is 410. The summed E-state index contributed by atoms with van der Waals surface area (Å²) in [5.74, 6) is 0. The van der Waals surface area contributed by atoms with Crippen LogP contribution in [-0.2, 0) is 0 Å². The maximum atomic E-state index is 2.88. The number of hydrogen-bond acceptors (Lipinski definition) is 0. The van der Waals surface area contributed by atoms with Gasteiger partial charge < -0.3 is 0 Å². The van der Waals surface area contributed by atoms with Crippen molar-refractivity contribution < 1.29 is 0 Å². The minimum atomic E-state index is -1.12. The molecule has 1 aliphatic rings. The summed E-state index contributed by atoms with van der Waals surface area (Å²) in [4.78, 5) is 0. The quantitative estimate of drug-likeness (QED) is 0.271. The molecule has 1 aliphatic carbocycles. The van der Waals surface area contributed by atoms with Gasteiger partial charge in [0.1, 0.15) is 0 Å². The van der Waals surface area contributed by atoms with Crippen LogP contribution in [0.5, 0.6) is 0 Å². The Kier molecular flexibility index (Phi) is 7.70. The van der Waals surface area contributed by atoms with Crippen LogP contribution in [0.15, 0.2) is 0 Å². The van der Waals surface area contributed by atoms with E-state index in [1.165, 1.54) is 0 Å². The predicted octanol–water partition coefficient (Wildman–Crippen LogP) is 8.40. The van der Waals surface area contributed by atoms with E-state index < -0.39 is 43.7 Å². The SMILES string of the molecule is C[Si](C)(C)[PH](C)(C1CCC([PH](C)([Si](C)(C)C)[Si](C)(C)C)CC1)[Si](C)(C)C. The van der Waals surface area contributed by atoms with Gasteiger partial charge in [-0.1, -0.05) is 0 Å². The van der Waals surface area contributed by atoms with Crippen molar-refractivity contribution in [3.63, 3.8) is 0 Å². The molecule has 0 bridgehead atoms. The van der Waals surface area contributed by atoms with Gasteiger partial charge in [-0.3, -0.25) is 0 Å². The molecule has 1 saturated carbocycles. The fourth-order valence-corrected chi connectivity index (χ4v) is 91.5. The zero-order valence-corrected chi connectivity index (χ0v) is 27.0. The van der Waals surface area contributed by atoms with Crippen molar-refractivity contribution in [2.24, 2.45) is 0 Å². The van der Waals surface area contributed by atoms with Crippen LogP contribution in [0, 0.1) is 0 Å². The van der Waals surface area contributed by atoms with Gasteiger partial charge in [-0.05, 0) is 0 Å². The Morgan fingerprint density at radius 3 is 0.692 bits per heavy atom. The molecule has 0 aromatic carbocycles. The first-order valence-electron chi connectivity index (χ1n) is 11.2. The molecule has 160 valence electrons. The first-order chi connectivity index (χ1) is 11.2. The van der Waals surface area contributed by atoms with E-state index in [0.29, 0.717) is 0 Å². The first kappa shape index (κ1) is 25.8. The van der Waals surface area contributed by atoms with Gasteiger partial charge in [0.25, 0.3) is 0 Å². The molecule has 0 aliphatic heterocycles. The van der Waals surface area contributed by atoms with Crippen LogP contribution in [0.25, 0.3) is 0 Å². The van der Waals surface area contributed by atoms with Gasteiger partial charge in [-0.25, -0.2) is 0 Å². The van der Waals surface area contributed by atoms with Gasteiger partial charge in [-0.15, -0.1) is 0 Å². The average molecular weight is 469 g/mol. The van der Waals surface area contributed by atoms with Crippen molar-refractivity contribution in [3.8, 4) is 0 Å². The normalized spacial score (nSPS) is 25.9. The van der Waals surface area contributed by atoms with E-state index in [9.17, 15) is 0 Å². The fraction of sp³-hybridized carbons (Fsp3) is 1.00. The molecule has 0 amide bonds. The first-order valence-corrected chi connectivity index (χ1v) is 34.4. The molecule has 1 fully saturated rings. The molecule has 1 rings (SSSR count). The van der Waals surface area contributed by atoms with Gasteiger partial charge in [-0.2, -0.15) is 0 Å². The van der Waals surface area contributed by atoms with E-state index in [2.05, 4.69) is 91.9 Å². The Morgan fingerprint density at radius 2 is 0.577 bits per heavy atom. The van der Waals surface area contributed by atoms with Gasteiger partial charge in [0.2, 0.25) is 0 Å². The second-order valence-electron chi connectivity index (χ2n) is 14.0. The summed E-state index contributed by atoms with van der Waals surface area (Å²) in [6, 6.07) is 0. The fourth-order valence-electron chi connectivity index (χ4n) is 6.95. The van der Waals surface area contributed by atoms with Crippen LogP contribution in [-0.4, -0.2) is 55.6 Å². The van der Waals surface area contributed by atoms with Crippen molar-refractivity contribution in [1.29, 1.82) is 0 Å². The van der Waals surface area contributed by atoms with E-state index in [-0.39, 0.29) is 0 Å². The molecule has 0 saturated heterocycles. The second kappa shape index (κ2) is 7.77. The van der Waals surface area contributed by atoms with Crippen molar-refractivity contribution in [2.45, 2.75) is 116 Å². The molecule has 0 aromatic heterocycles. The van der Waals surface area contributed by atoms with Crippen molar-refractivity contribution in [1.82, 2.24) is 0 Å². The topological polar surface area (TPSA) is 0 Å². The summed E-state index contributed by atoms with van der Waals surface area (Å²) in [5, 5.41) is 0. The van der Waals surface area contributed by atoms with Crippen LogP contribution >= 0.6 is 12.7 Å². The third-order valence-electron chi connectivity index (χ3n) is 9.59. The second-order valence-corrected chi connectivity index (χ2v) is 71.9. The van der Waals surface area contributed by atoms with E-state index in [0.717, 1.165) is 11.3 Å². The summed E-state index contributed by atoms with van der Waals surface area (Å²) in [6.45, 7) is 38.5. The molecule has 0 N–H and O–H groups in total. The van der Waals surface area contributed by atoms with Crippen molar-refractivity contribution in [3.05, 3.63) is 0 Å². The summed E-state index contributed by atoms with van der Waals surface area (Å²) in [5.41, 5.74) is 2.30. The summed E-state index contributed by atoms with van der Waals surface area (Å²) in [6.07, 6.45) is 4.21. The molecule has 0 radical (unpaired) electrons. The molecule has 0 aromatic rings. The van der Waals surface area contributed by atoms with E-state index in [1.54, 1.807) is 25.7 Å². The van der Waals surface area contributed by atoms with Crippen LogP contribution in [0.3, 0.4) is 0 Å². The van der Waals surface area contributed by atoms with Gasteiger partial charge in [0.15, 0.2) is 0 Å². The van der Waals surface area contributed by atoms with Gasteiger partial charge in [0, 0.05) is 0 Å². The monoisotopic (exact) mass is 468 g/mol. The van der Waals surface area contributed by atoms with Crippen LogP contribution < -0.4 is 0 Å². The molecule has 0 nitrogen and oxygen atoms in total. The molecular weight excluding hydrogens is 415 g/mol. The third kappa shape index (κ3) is 4.41. The van der Waals surface area contributed by atoms with Crippen LogP contribution in [0.1, 0.15) is 25.7 Å². The Labute approximate surface area is 172 Å². The molecule has 0 unspecified atom stereocenters. The maximum absolute atomic E-state index is 2.88. The zero-order chi connectivity index (χ0) is 21.0. The van der Waals surface area contributed by atoms with Crippen molar-refractivity contribution >= 4 is 43.7 Å². The van der Waals surface area contributed by atoms with Gasteiger partial charge >= 0.3 is 173 Å². The zero-order valence-electron chi connectivity index (χ0n) is 21.0. The average Bonchev–Trinajstić information content (AvgIpc) is 2.40. The standard InChI is InChI=1S/C20H54P2Si4/c1-21(23(3,4)5,24(6,7)8)19-15-17-20(18-16-19)22(2,25(9,10)11)26(12,13)14/h19-22H,15-18H2,1-14H3.